The molecule has 1 aromatic rings. The number of rotatable bonds is 3. The van der Waals surface area contributed by atoms with Crippen molar-refractivity contribution in [2.45, 2.75) is 25.1 Å². The summed E-state index contributed by atoms with van der Waals surface area (Å²) in [7, 11) is 1.24. The summed E-state index contributed by atoms with van der Waals surface area (Å²) in [6.45, 7) is 1.24. The summed E-state index contributed by atoms with van der Waals surface area (Å²) in [5.74, 6) is -0.0453. The Bertz CT molecular complexity index is 406. The van der Waals surface area contributed by atoms with Gasteiger partial charge < -0.3 is 9.84 Å². The Hall–Kier alpha value is -0.940. The molecule has 0 amide bonds. The number of alkyl halides is 3. The van der Waals surface area contributed by atoms with Crippen LogP contribution in [-0.2, 0) is 5.60 Å². The van der Waals surface area contributed by atoms with E-state index in [0.717, 1.165) is 6.07 Å². The predicted molar refractivity (Wildman–Crippen MR) is 58.2 cm³/mol. The average molecular weight is 269 g/mol. The van der Waals surface area contributed by atoms with Crippen molar-refractivity contribution in [2.24, 2.45) is 0 Å². The molecule has 1 atom stereocenters. The van der Waals surface area contributed by atoms with Crippen molar-refractivity contribution < 1.29 is 23.0 Å². The van der Waals surface area contributed by atoms with E-state index in [4.69, 9.17) is 16.3 Å². The lowest BCUT2D eigenvalue weighted by Crippen LogP contribution is -2.42. The number of hydrogen-bond donors (Lipinski definition) is 1. The minimum Gasteiger partial charge on any atom is -0.496 e. The topological polar surface area (TPSA) is 29.5 Å². The van der Waals surface area contributed by atoms with Gasteiger partial charge in [0.05, 0.1) is 7.11 Å². The van der Waals surface area contributed by atoms with E-state index in [9.17, 15) is 18.3 Å². The summed E-state index contributed by atoms with van der Waals surface area (Å²) in [6, 6.07) is 3.76. The van der Waals surface area contributed by atoms with E-state index in [-0.39, 0.29) is 16.3 Å². The van der Waals surface area contributed by atoms with E-state index in [2.05, 4.69) is 0 Å². The molecule has 0 saturated heterocycles. The van der Waals surface area contributed by atoms with Crippen molar-refractivity contribution in [3.05, 3.63) is 28.8 Å². The molecule has 0 spiro atoms. The van der Waals surface area contributed by atoms with Gasteiger partial charge in [-0.25, -0.2) is 0 Å². The molecule has 17 heavy (non-hydrogen) atoms. The number of halogens is 4. The zero-order valence-electron chi connectivity index (χ0n) is 9.31. The van der Waals surface area contributed by atoms with Crippen LogP contribution in [0.5, 0.6) is 5.75 Å². The Morgan fingerprint density at radius 3 is 2.35 bits per heavy atom. The molecule has 0 aliphatic heterocycles. The maximum atomic E-state index is 12.9. The summed E-state index contributed by atoms with van der Waals surface area (Å²) in [6.07, 6.45) is -5.31. The number of hydrogen-bond acceptors (Lipinski definition) is 2. The molecular weight excluding hydrogens is 257 g/mol. The fourth-order valence-corrected chi connectivity index (χ4v) is 1.72. The standard InChI is InChI=1S/C11H12ClF3O2/c1-3-10(16,11(13,14)15)8-6-7(12)4-5-9(8)17-2/h4-6,16H,3H2,1-2H3. The zero-order chi connectivity index (χ0) is 13.3. The summed E-state index contributed by atoms with van der Waals surface area (Å²) in [4.78, 5) is 0. The Morgan fingerprint density at radius 2 is 1.94 bits per heavy atom. The summed E-state index contributed by atoms with van der Waals surface area (Å²) in [5, 5.41) is 9.91. The Morgan fingerprint density at radius 1 is 1.35 bits per heavy atom. The highest BCUT2D eigenvalue weighted by Crippen LogP contribution is 2.45. The van der Waals surface area contributed by atoms with Gasteiger partial charge in [-0.3, -0.25) is 0 Å². The summed E-state index contributed by atoms with van der Waals surface area (Å²) in [5.41, 5.74) is -3.33. The lowest BCUT2D eigenvalue weighted by molar-refractivity contribution is -0.268. The van der Waals surface area contributed by atoms with Crippen molar-refractivity contribution in [3.8, 4) is 5.75 Å². The van der Waals surface area contributed by atoms with Crippen LogP contribution >= 0.6 is 11.6 Å². The molecule has 0 fully saturated rings. The molecule has 0 aromatic heterocycles. The number of methoxy groups -OCH3 is 1. The second-order valence-electron chi connectivity index (χ2n) is 3.56. The van der Waals surface area contributed by atoms with Crippen molar-refractivity contribution in [1.29, 1.82) is 0 Å². The van der Waals surface area contributed by atoms with Gasteiger partial charge in [-0.05, 0) is 24.6 Å². The summed E-state index contributed by atoms with van der Waals surface area (Å²) >= 11 is 5.65. The van der Waals surface area contributed by atoms with E-state index < -0.39 is 18.2 Å². The highest BCUT2D eigenvalue weighted by Gasteiger charge is 2.55. The molecule has 1 aromatic carbocycles. The van der Waals surface area contributed by atoms with Gasteiger partial charge >= 0.3 is 6.18 Å². The fraction of sp³-hybridized carbons (Fsp3) is 0.455. The molecule has 6 heteroatoms. The Labute approximate surface area is 102 Å². The van der Waals surface area contributed by atoms with Gasteiger partial charge in [0.2, 0.25) is 0 Å². The first-order chi connectivity index (χ1) is 7.76. The predicted octanol–water partition coefficient (Wildman–Crippen LogP) is 3.51. The van der Waals surface area contributed by atoms with Crippen LogP contribution in [0.1, 0.15) is 18.9 Å². The molecule has 0 heterocycles. The van der Waals surface area contributed by atoms with Gasteiger partial charge in [-0.1, -0.05) is 18.5 Å². The van der Waals surface area contributed by atoms with Gasteiger partial charge in [-0.2, -0.15) is 13.2 Å². The maximum Gasteiger partial charge on any atom is 0.421 e. The third kappa shape index (κ3) is 2.50. The van der Waals surface area contributed by atoms with E-state index >= 15 is 0 Å². The van der Waals surface area contributed by atoms with E-state index in [1.807, 2.05) is 0 Å². The number of benzene rings is 1. The molecule has 96 valence electrons. The van der Waals surface area contributed by atoms with E-state index in [1.165, 1.54) is 26.2 Å². The summed E-state index contributed by atoms with van der Waals surface area (Å²) < 4.78 is 43.5. The minimum atomic E-state index is -4.79. The van der Waals surface area contributed by atoms with Crippen LogP contribution < -0.4 is 4.74 Å². The van der Waals surface area contributed by atoms with Crippen molar-refractivity contribution >= 4 is 11.6 Å². The third-order valence-electron chi connectivity index (χ3n) is 2.59. The monoisotopic (exact) mass is 268 g/mol. The molecule has 1 N–H and O–H groups in total. The molecule has 2 nitrogen and oxygen atoms in total. The van der Waals surface area contributed by atoms with Crippen LogP contribution in [0.15, 0.2) is 18.2 Å². The molecule has 0 radical (unpaired) electrons. The fourth-order valence-electron chi connectivity index (χ4n) is 1.55. The van der Waals surface area contributed by atoms with Crippen LogP contribution in [0.3, 0.4) is 0 Å². The molecular formula is C11H12ClF3O2. The maximum absolute atomic E-state index is 12.9. The smallest absolute Gasteiger partial charge is 0.421 e. The van der Waals surface area contributed by atoms with Gasteiger partial charge in [0.25, 0.3) is 0 Å². The van der Waals surface area contributed by atoms with Gasteiger partial charge in [0, 0.05) is 10.6 Å². The molecule has 0 aliphatic rings. The zero-order valence-corrected chi connectivity index (χ0v) is 10.1. The first-order valence-electron chi connectivity index (χ1n) is 4.89. The molecule has 0 aliphatic carbocycles. The number of ether oxygens (including phenoxy) is 1. The third-order valence-corrected chi connectivity index (χ3v) is 2.82. The van der Waals surface area contributed by atoms with Crippen LogP contribution in [-0.4, -0.2) is 18.4 Å². The molecule has 1 unspecified atom stereocenters. The van der Waals surface area contributed by atoms with Gasteiger partial charge in [0.1, 0.15) is 5.75 Å². The van der Waals surface area contributed by atoms with Crippen molar-refractivity contribution in [3.63, 3.8) is 0 Å². The highest BCUT2D eigenvalue weighted by molar-refractivity contribution is 6.30. The van der Waals surface area contributed by atoms with Gasteiger partial charge in [0.15, 0.2) is 5.60 Å². The second-order valence-corrected chi connectivity index (χ2v) is 3.99. The highest BCUT2D eigenvalue weighted by atomic mass is 35.5. The number of aliphatic hydroxyl groups is 1. The molecule has 0 saturated carbocycles. The van der Waals surface area contributed by atoms with Crippen molar-refractivity contribution in [1.82, 2.24) is 0 Å². The Balaban J connectivity index is 3.43. The van der Waals surface area contributed by atoms with Crippen LogP contribution in [0.2, 0.25) is 5.02 Å². The largest absolute Gasteiger partial charge is 0.496 e. The first kappa shape index (κ1) is 14.1. The normalized spacial score (nSPS) is 15.5. The van der Waals surface area contributed by atoms with Crippen LogP contribution in [0, 0.1) is 0 Å². The lowest BCUT2D eigenvalue weighted by atomic mass is 9.89. The average Bonchev–Trinajstić information content (AvgIpc) is 2.26. The minimum absolute atomic E-state index is 0.0453. The molecule has 0 bridgehead atoms. The van der Waals surface area contributed by atoms with Crippen molar-refractivity contribution in [2.75, 3.05) is 7.11 Å². The van der Waals surface area contributed by atoms with Crippen LogP contribution in [0.4, 0.5) is 13.2 Å². The first-order valence-corrected chi connectivity index (χ1v) is 5.27. The van der Waals surface area contributed by atoms with E-state index in [1.54, 1.807) is 0 Å². The lowest BCUT2D eigenvalue weighted by Gasteiger charge is -2.31. The molecule has 1 rings (SSSR count). The Kier molecular flexibility index (Phi) is 3.94. The van der Waals surface area contributed by atoms with Crippen LogP contribution in [0.25, 0.3) is 0 Å². The quantitative estimate of drug-likeness (QED) is 0.909. The SMILES string of the molecule is CCC(O)(c1cc(Cl)ccc1OC)C(F)(F)F. The second kappa shape index (κ2) is 4.74. The van der Waals surface area contributed by atoms with E-state index in [0.29, 0.717) is 0 Å². The van der Waals surface area contributed by atoms with Gasteiger partial charge in [-0.15, -0.1) is 0 Å².